The summed E-state index contributed by atoms with van der Waals surface area (Å²) in [7, 11) is 0. The van der Waals surface area contributed by atoms with Crippen LogP contribution < -0.4 is 11.5 Å². The smallest absolute Gasteiger partial charge is 0.217 e. The molecular weight excluding hydrogens is 204 g/mol. The van der Waals surface area contributed by atoms with E-state index in [4.69, 9.17) is 16.7 Å². The van der Waals surface area contributed by atoms with E-state index >= 15 is 0 Å². The third kappa shape index (κ3) is 4.17. The lowest BCUT2D eigenvalue weighted by atomic mass is 9.92. The molecule has 4 N–H and O–H groups in total. The number of nitriles is 1. The van der Waals surface area contributed by atoms with Crippen molar-refractivity contribution in [3.05, 3.63) is 0 Å². The van der Waals surface area contributed by atoms with Gasteiger partial charge in [-0.1, -0.05) is 0 Å². The summed E-state index contributed by atoms with van der Waals surface area (Å²) in [4.78, 5) is 13.0. The molecule has 16 heavy (non-hydrogen) atoms. The van der Waals surface area contributed by atoms with Crippen molar-refractivity contribution >= 4 is 5.91 Å². The van der Waals surface area contributed by atoms with Crippen LogP contribution in [0.5, 0.6) is 0 Å². The van der Waals surface area contributed by atoms with E-state index in [1.165, 1.54) is 0 Å². The molecule has 1 aliphatic rings. The maximum absolute atomic E-state index is 10.8. The standard InChI is InChI=1S/C11H20N4O/c1-11(14,7-12)8-15-4-2-9(3-5-15)6-10(13)16/h9H,2-6,8,14H2,1H3,(H2,13,16). The van der Waals surface area contributed by atoms with E-state index in [0.29, 0.717) is 18.9 Å². The summed E-state index contributed by atoms with van der Waals surface area (Å²) in [5.41, 5.74) is 10.2. The van der Waals surface area contributed by atoms with Crippen molar-refractivity contribution < 1.29 is 4.79 Å². The van der Waals surface area contributed by atoms with Crippen molar-refractivity contribution in [1.82, 2.24) is 4.90 Å². The summed E-state index contributed by atoms with van der Waals surface area (Å²) in [5.74, 6) is 0.180. The minimum Gasteiger partial charge on any atom is -0.370 e. The first-order valence-electron chi connectivity index (χ1n) is 5.64. The third-order valence-electron chi connectivity index (χ3n) is 3.00. The summed E-state index contributed by atoms with van der Waals surface area (Å²) in [5, 5.41) is 8.83. The van der Waals surface area contributed by atoms with E-state index in [1.54, 1.807) is 6.92 Å². The zero-order valence-corrected chi connectivity index (χ0v) is 9.78. The number of nitrogens with two attached hydrogens (primary N) is 2. The average molecular weight is 224 g/mol. The first-order valence-corrected chi connectivity index (χ1v) is 5.64. The van der Waals surface area contributed by atoms with E-state index in [-0.39, 0.29) is 5.91 Å². The largest absolute Gasteiger partial charge is 0.370 e. The van der Waals surface area contributed by atoms with Crippen LogP contribution in [0.4, 0.5) is 0 Å². The number of primary amides is 1. The van der Waals surface area contributed by atoms with Crippen LogP contribution in [-0.2, 0) is 4.79 Å². The first kappa shape index (κ1) is 12.9. The minimum atomic E-state index is -0.781. The van der Waals surface area contributed by atoms with Crippen molar-refractivity contribution in [2.75, 3.05) is 19.6 Å². The second kappa shape index (κ2) is 5.28. The number of hydrogen-bond acceptors (Lipinski definition) is 4. The van der Waals surface area contributed by atoms with Gasteiger partial charge in [0.1, 0.15) is 5.54 Å². The maximum Gasteiger partial charge on any atom is 0.217 e. The number of amides is 1. The highest BCUT2D eigenvalue weighted by Gasteiger charge is 2.26. The molecule has 0 bridgehead atoms. The molecule has 0 saturated carbocycles. The molecule has 1 rings (SSSR count). The van der Waals surface area contributed by atoms with Gasteiger partial charge in [-0.15, -0.1) is 0 Å². The number of carbonyl (C=O) groups excluding carboxylic acids is 1. The van der Waals surface area contributed by atoms with Gasteiger partial charge in [0, 0.05) is 13.0 Å². The van der Waals surface area contributed by atoms with Gasteiger partial charge >= 0.3 is 0 Å². The van der Waals surface area contributed by atoms with Crippen LogP contribution >= 0.6 is 0 Å². The summed E-state index contributed by atoms with van der Waals surface area (Å²) in [6, 6.07) is 2.09. The number of nitrogens with zero attached hydrogens (tertiary/aromatic N) is 2. The predicted octanol–water partition coefficient (Wildman–Crippen LogP) is -0.185. The zero-order valence-electron chi connectivity index (χ0n) is 9.78. The fourth-order valence-corrected chi connectivity index (χ4v) is 2.13. The number of carbonyl (C=O) groups is 1. The topological polar surface area (TPSA) is 96.1 Å². The van der Waals surface area contributed by atoms with E-state index in [9.17, 15) is 4.79 Å². The minimum absolute atomic E-state index is 0.223. The Hall–Kier alpha value is -1.12. The van der Waals surface area contributed by atoms with E-state index < -0.39 is 5.54 Å². The molecule has 0 aromatic carbocycles. The van der Waals surface area contributed by atoms with Crippen LogP contribution in [0, 0.1) is 17.2 Å². The molecule has 1 fully saturated rings. The number of likely N-dealkylation sites (tertiary alicyclic amines) is 1. The molecule has 1 unspecified atom stereocenters. The number of rotatable bonds is 4. The van der Waals surface area contributed by atoms with Gasteiger partial charge in [0.2, 0.25) is 5.91 Å². The Labute approximate surface area is 96.4 Å². The van der Waals surface area contributed by atoms with Gasteiger partial charge < -0.3 is 16.4 Å². The monoisotopic (exact) mass is 224 g/mol. The van der Waals surface area contributed by atoms with Crippen LogP contribution in [0.3, 0.4) is 0 Å². The Balaban J connectivity index is 2.33. The highest BCUT2D eigenvalue weighted by molar-refractivity contribution is 5.73. The van der Waals surface area contributed by atoms with Crippen molar-refractivity contribution in [3.8, 4) is 6.07 Å². The van der Waals surface area contributed by atoms with Gasteiger partial charge in [-0.05, 0) is 38.8 Å². The highest BCUT2D eigenvalue weighted by atomic mass is 16.1. The zero-order chi connectivity index (χ0) is 12.2. The van der Waals surface area contributed by atoms with Gasteiger partial charge in [-0.25, -0.2) is 0 Å². The number of piperidine rings is 1. The van der Waals surface area contributed by atoms with Gasteiger partial charge in [-0.3, -0.25) is 4.79 Å². The Bertz CT molecular complexity index is 287. The lowest BCUT2D eigenvalue weighted by molar-refractivity contribution is -0.119. The highest BCUT2D eigenvalue weighted by Crippen LogP contribution is 2.20. The normalized spacial score (nSPS) is 22.3. The predicted molar refractivity (Wildman–Crippen MR) is 61.2 cm³/mol. The van der Waals surface area contributed by atoms with Crippen molar-refractivity contribution in [2.24, 2.45) is 17.4 Å². The summed E-state index contributed by atoms with van der Waals surface area (Å²) < 4.78 is 0. The Kier molecular flexibility index (Phi) is 4.27. The molecule has 1 heterocycles. The quantitative estimate of drug-likeness (QED) is 0.692. The van der Waals surface area contributed by atoms with Gasteiger partial charge in [0.05, 0.1) is 6.07 Å². The molecular formula is C11H20N4O. The van der Waals surface area contributed by atoms with Crippen molar-refractivity contribution in [3.63, 3.8) is 0 Å². The molecule has 0 aromatic rings. The molecule has 5 heteroatoms. The van der Waals surface area contributed by atoms with Crippen LogP contribution in [0.1, 0.15) is 26.2 Å². The van der Waals surface area contributed by atoms with Gasteiger partial charge in [0.25, 0.3) is 0 Å². The van der Waals surface area contributed by atoms with Crippen molar-refractivity contribution in [1.29, 1.82) is 5.26 Å². The van der Waals surface area contributed by atoms with Crippen LogP contribution in [-0.4, -0.2) is 36.0 Å². The molecule has 0 aromatic heterocycles. The van der Waals surface area contributed by atoms with Gasteiger partial charge in [-0.2, -0.15) is 5.26 Å². The number of hydrogen-bond donors (Lipinski definition) is 2. The van der Waals surface area contributed by atoms with E-state index in [0.717, 1.165) is 25.9 Å². The summed E-state index contributed by atoms with van der Waals surface area (Å²) >= 11 is 0. The first-order chi connectivity index (χ1) is 7.43. The lowest BCUT2D eigenvalue weighted by Crippen LogP contribution is -2.49. The third-order valence-corrected chi connectivity index (χ3v) is 3.00. The maximum atomic E-state index is 10.8. The fourth-order valence-electron chi connectivity index (χ4n) is 2.13. The van der Waals surface area contributed by atoms with Crippen LogP contribution in [0.2, 0.25) is 0 Å². The van der Waals surface area contributed by atoms with Crippen LogP contribution in [0.25, 0.3) is 0 Å². The Morgan fingerprint density at radius 2 is 2.12 bits per heavy atom. The molecule has 90 valence electrons. The van der Waals surface area contributed by atoms with Crippen LogP contribution in [0.15, 0.2) is 0 Å². The Morgan fingerprint density at radius 3 is 2.56 bits per heavy atom. The second-order valence-corrected chi connectivity index (χ2v) is 4.92. The molecule has 5 nitrogen and oxygen atoms in total. The molecule has 0 spiro atoms. The van der Waals surface area contributed by atoms with Gasteiger partial charge in [0.15, 0.2) is 0 Å². The average Bonchev–Trinajstić information content (AvgIpc) is 2.20. The molecule has 1 saturated heterocycles. The summed E-state index contributed by atoms with van der Waals surface area (Å²) in [6.45, 7) is 4.12. The lowest BCUT2D eigenvalue weighted by Gasteiger charge is -2.34. The Morgan fingerprint density at radius 1 is 1.56 bits per heavy atom. The fraction of sp³-hybridized carbons (Fsp3) is 0.818. The second-order valence-electron chi connectivity index (χ2n) is 4.92. The molecule has 1 aliphatic heterocycles. The molecule has 1 amide bonds. The van der Waals surface area contributed by atoms with Crippen molar-refractivity contribution in [2.45, 2.75) is 31.7 Å². The molecule has 0 radical (unpaired) electrons. The molecule has 1 atom stereocenters. The van der Waals surface area contributed by atoms with E-state index in [1.807, 2.05) is 0 Å². The summed E-state index contributed by atoms with van der Waals surface area (Å²) in [6.07, 6.45) is 2.40. The SMILES string of the molecule is CC(N)(C#N)CN1CCC(CC(N)=O)CC1. The van der Waals surface area contributed by atoms with E-state index in [2.05, 4.69) is 11.0 Å². The molecule has 0 aliphatic carbocycles.